The van der Waals surface area contributed by atoms with Crippen LogP contribution in [0.5, 0.6) is 0 Å². The fraction of sp³-hybridized carbons (Fsp3) is 0.100. The molecule has 0 saturated carbocycles. The minimum absolute atomic E-state index is 0.110. The van der Waals surface area contributed by atoms with Crippen molar-refractivity contribution in [2.24, 2.45) is 0 Å². The summed E-state index contributed by atoms with van der Waals surface area (Å²) in [5, 5.41) is 4.72. The molecule has 8 aromatic carbocycles. The zero-order valence-electron chi connectivity index (χ0n) is 34.0. The molecular formula is C50H38N2. The van der Waals surface area contributed by atoms with Crippen molar-refractivity contribution in [2.45, 2.75) is 32.5 Å². The van der Waals surface area contributed by atoms with Gasteiger partial charge >= 0.3 is 0 Å². The largest absolute Gasteiger partial charge is 0.296 e. The molecule has 248 valence electrons. The molecule has 0 spiro atoms. The molecule has 0 amide bonds. The van der Waals surface area contributed by atoms with Gasteiger partial charge < -0.3 is 0 Å². The molecule has 0 radical (unpaired) electrons. The molecule has 0 aliphatic heterocycles. The molecule has 0 unspecified atom stereocenters. The van der Waals surface area contributed by atoms with E-state index in [1.54, 1.807) is 10.6 Å². The van der Waals surface area contributed by atoms with E-state index in [0.717, 1.165) is 22.3 Å². The van der Waals surface area contributed by atoms with Gasteiger partial charge in [-0.1, -0.05) is 160 Å². The lowest BCUT2D eigenvalue weighted by Crippen LogP contribution is -2.14. The molecule has 1 aromatic heterocycles. The first-order valence-electron chi connectivity index (χ1n) is 20.3. The van der Waals surface area contributed by atoms with Crippen LogP contribution in [0.3, 0.4) is 0 Å². The Kier molecular flexibility index (Phi) is 5.75. The summed E-state index contributed by atoms with van der Waals surface area (Å²) >= 11 is 0. The highest BCUT2D eigenvalue weighted by atomic mass is 15.1. The number of imidazole rings is 1. The summed E-state index contributed by atoms with van der Waals surface area (Å²) in [4.78, 5) is 4.56. The average Bonchev–Trinajstić information content (AvgIpc) is 3.72. The number of hydrogen-bond donors (Lipinski definition) is 0. The molecular weight excluding hydrogens is 629 g/mol. The van der Waals surface area contributed by atoms with E-state index >= 15 is 0 Å². The van der Waals surface area contributed by atoms with Crippen LogP contribution in [0, 0.1) is 0 Å². The Hall–Kier alpha value is -6.25. The van der Waals surface area contributed by atoms with E-state index in [1.807, 2.05) is 42.5 Å². The smallest absolute Gasteiger partial charge is 0.114 e. The second-order valence-corrected chi connectivity index (χ2v) is 14.3. The highest BCUT2D eigenvalue weighted by molar-refractivity contribution is 6.21. The van der Waals surface area contributed by atoms with Crippen LogP contribution in [0.2, 0.25) is 0 Å². The van der Waals surface area contributed by atoms with Crippen molar-refractivity contribution in [1.82, 2.24) is 9.55 Å². The topological polar surface area (TPSA) is 17.8 Å². The molecule has 0 bridgehead atoms. The number of nitrogens with zero attached hydrogens (tertiary/aromatic N) is 2. The summed E-state index contributed by atoms with van der Waals surface area (Å²) in [6, 6.07) is 56.7. The Morgan fingerprint density at radius 1 is 0.538 bits per heavy atom. The second-order valence-electron chi connectivity index (χ2n) is 14.3. The molecule has 10 rings (SSSR count). The van der Waals surface area contributed by atoms with Crippen LogP contribution in [0.15, 0.2) is 164 Å². The highest BCUT2D eigenvalue weighted by Gasteiger charge is 2.35. The molecule has 0 atom stereocenters. The first-order valence-corrected chi connectivity index (χ1v) is 17.8. The Labute approximate surface area is 311 Å². The van der Waals surface area contributed by atoms with Gasteiger partial charge in [0.25, 0.3) is 0 Å². The van der Waals surface area contributed by atoms with Crippen molar-refractivity contribution in [3.8, 4) is 50.2 Å². The number of fused-ring (bicyclic) bond motifs is 6. The molecule has 2 heteroatoms. The standard InChI is InChI=1S/C50H38N2/c1-4-47-51-44-22-12-14-24-46(44)52(47)45-23-13-10-15-35(45)32-25-27-33(28-26-32)48-38-17-5-7-19-40(38)49(41-20-8-6-18-39(41)48)34-29-30-37-36-16-9-11-21-42(36)50(2,3)43(37)31-34/h5-31H,4H2,1-3H3/i1D3,4D2. The van der Waals surface area contributed by atoms with Crippen molar-refractivity contribution in [3.05, 3.63) is 181 Å². The van der Waals surface area contributed by atoms with Crippen LogP contribution in [0.25, 0.3) is 82.8 Å². The number of para-hydroxylation sites is 3. The van der Waals surface area contributed by atoms with E-state index in [2.05, 4.69) is 134 Å². The summed E-state index contributed by atoms with van der Waals surface area (Å²) in [6.45, 7) is 1.73. The Morgan fingerprint density at radius 3 is 1.79 bits per heavy atom. The van der Waals surface area contributed by atoms with E-state index in [0.29, 0.717) is 16.7 Å². The fourth-order valence-corrected chi connectivity index (χ4v) is 8.69. The normalized spacial score (nSPS) is 15.1. The Bertz CT molecular complexity index is 3010. The first-order chi connectivity index (χ1) is 27.4. The summed E-state index contributed by atoms with van der Waals surface area (Å²) in [5.41, 5.74) is 13.5. The lowest BCUT2D eigenvalue weighted by atomic mass is 9.80. The number of benzene rings is 8. The van der Waals surface area contributed by atoms with Gasteiger partial charge in [0.15, 0.2) is 0 Å². The van der Waals surface area contributed by atoms with Crippen molar-refractivity contribution >= 4 is 32.6 Å². The van der Waals surface area contributed by atoms with Gasteiger partial charge in [-0.3, -0.25) is 4.57 Å². The first kappa shape index (κ1) is 25.7. The van der Waals surface area contributed by atoms with Gasteiger partial charge in [0.1, 0.15) is 5.82 Å². The van der Waals surface area contributed by atoms with E-state index in [1.165, 1.54) is 54.9 Å². The van der Waals surface area contributed by atoms with Gasteiger partial charge in [-0.05, 0) is 95.9 Å². The van der Waals surface area contributed by atoms with Gasteiger partial charge in [-0.25, -0.2) is 4.98 Å². The Balaban J connectivity index is 1.13. The summed E-state index contributed by atoms with van der Waals surface area (Å²) in [7, 11) is 0. The van der Waals surface area contributed by atoms with E-state index in [4.69, 9.17) is 6.85 Å². The van der Waals surface area contributed by atoms with E-state index in [9.17, 15) is 0 Å². The zero-order valence-corrected chi connectivity index (χ0v) is 29.0. The van der Waals surface area contributed by atoms with Crippen molar-refractivity contribution < 1.29 is 6.85 Å². The Morgan fingerprint density at radius 2 is 1.08 bits per heavy atom. The summed E-state index contributed by atoms with van der Waals surface area (Å²) in [5.74, 6) is -0.151. The van der Waals surface area contributed by atoms with Gasteiger partial charge in [0.2, 0.25) is 0 Å². The van der Waals surface area contributed by atoms with Crippen molar-refractivity contribution in [3.63, 3.8) is 0 Å². The lowest BCUT2D eigenvalue weighted by molar-refractivity contribution is 0.660. The van der Waals surface area contributed by atoms with Crippen LogP contribution >= 0.6 is 0 Å². The van der Waals surface area contributed by atoms with Crippen LogP contribution in [-0.2, 0) is 11.8 Å². The number of aryl methyl sites for hydroxylation is 1. The molecule has 1 aliphatic rings. The van der Waals surface area contributed by atoms with E-state index < -0.39 is 13.2 Å². The third kappa shape index (κ3) is 4.47. The maximum absolute atomic E-state index is 8.74. The molecule has 1 aliphatic carbocycles. The van der Waals surface area contributed by atoms with Crippen molar-refractivity contribution in [2.75, 3.05) is 0 Å². The van der Waals surface area contributed by atoms with Gasteiger partial charge in [-0.15, -0.1) is 0 Å². The minimum atomic E-state index is -2.92. The van der Waals surface area contributed by atoms with Gasteiger partial charge in [-0.2, -0.15) is 0 Å². The van der Waals surface area contributed by atoms with Gasteiger partial charge in [0, 0.05) is 24.2 Å². The summed E-state index contributed by atoms with van der Waals surface area (Å²) in [6.07, 6.45) is -2.70. The van der Waals surface area contributed by atoms with Crippen LogP contribution in [-0.4, -0.2) is 9.55 Å². The fourth-order valence-electron chi connectivity index (χ4n) is 8.69. The van der Waals surface area contributed by atoms with E-state index in [-0.39, 0.29) is 11.2 Å². The molecule has 9 aromatic rings. The maximum Gasteiger partial charge on any atom is 0.114 e. The third-order valence-corrected chi connectivity index (χ3v) is 11.1. The molecule has 52 heavy (non-hydrogen) atoms. The number of rotatable bonds is 5. The zero-order chi connectivity index (χ0) is 39.3. The average molecular weight is 672 g/mol. The number of hydrogen-bond acceptors (Lipinski definition) is 1. The van der Waals surface area contributed by atoms with Crippen LogP contribution in [0.1, 0.15) is 44.5 Å². The van der Waals surface area contributed by atoms with Crippen LogP contribution in [0.4, 0.5) is 0 Å². The third-order valence-electron chi connectivity index (χ3n) is 11.1. The molecule has 0 N–H and O–H groups in total. The van der Waals surface area contributed by atoms with Crippen LogP contribution < -0.4 is 0 Å². The maximum atomic E-state index is 8.74. The number of aromatic nitrogens is 2. The van der Waals surface area contributed by atoms with Gasteiger partial charge in [0.05, 0.1) is 16.7 Å². The highest BCUT2D eigenvalue weighted by Crippen LogP contribution is 2.51. The quantitative estimate of drug-likeness (QED) is 0.167. The molecule has 1 heterocycles. The minimum Gasteiger partial charge on any atom is -0.296 e. The summed E-state index contributed by atoms with van der Waals surface area (Å²) < 4.78 is 43.4. The second kappa shape index (κ2) is 11.6. The molecule has 2 nitrogen and oxygen atoms in total. The lowest BCUT2D eigenvalue weighted by Gasteiger charge is -2.23. The molecule has 0 saturated heterocycles. The predicted molar refractivity (Wildman–Crippen MR) is 219 cm³/mol. The predicted octanol–water partition coefficient (Wildman–Crippen LogP) is 13.2. The monoisotopic (exact) mass is 671 g/mol. The molecule has 0 fully saturated rings. The van der Waals surface area contributed by atoms with Crippen molar-refractivity contribution in [1.29, 1.82) is 0 Å². The SMILES string of the molecule is [2H]C([2H])([2H])C([2H])([2H])c1nc2ccccc2n1-c1ccccc1-c1ccc(-c2c3ccccc3c(-c3ccc4c(c3)C(C)(C)c3ccccc3-4)c3ccccc23)cc1.